The highest BCUT2D eigenvalue weighted by atomic mass is 16.3. The number of rotatable bonds is 6. The Kier molecular flexibility index (Phi) is 5.37. The minimum atomic E-state index is -0.773. The third-order valence-corrected chi connectivity index (χ3v) is 6.00. The second-order valence-electron chi connectivity index (χ2n) is 8.42. The van der Waals surface area contributed by atoms with E-state index in [9.17, 15) is 14.7 Å². The van der Waals surface area contributed by atoms with Crippen molar-refractivity contribution in [2.24, 2.45) is 0 Å². The highest BCUT2D eigenvalue weighted by Gasteiger charge is 2.44. The molecule has 0 saturated heterocycles. The number of Topliss-reactive ketones (excluding diaryl/α,β-unsaturated/α-hetero) is 1. The molecule has 34 heavy (non-hydrogen) atoms. The zero-order valence-corrected chi connectivity index (χ0v) is 18.8. The lowest BCUT2D eigenvalue weighted by molar-refractivity contribution is -0.130. The average Bonchev–Trinajstić information content (AvgIpc) is 3.39. The summed E-state index contributed by atoms with van der Waals surface area (Å²) in [5.74, 6) is -1.60. The van der Waals surface area contributed by atoms with Crippen molar-refractivity contribution in [1.29, 1.82) is 0 Å². The Hall–Kier alpha value is -4.39. The number of carbonyl (C=O) groups excluding carboxylic acids is 2. The molecule has 1 amide bonds. The smallest absolute Gasteiger partial charge is 0.290 e. The van der Waals surface area contributed by atoms with Crippen molar-refractivity contribution >= 4 is 28.3 Å². The van der Waals surface area contributed by atoms with Crippen molar-refractivity contribution in [3.8, 4) is 0 Å². The Bertz CT molecular complexity index is 1370. The molecule has 1 N–H and O–H groups in total. The van der Waals surface area contributed by atoms with Crippen LogP contribution in [0.3, 0.4) is 0 Å². The van der Waals surface area contributed by atoms with Gasteiger partial charge in [-0.15, -0.1) is 0 Å². The van der Waals surface area contributed by atoms with Gasteiger partial charge in [0.1, 0.15) is 5.58 Å². The first-order valence-electron chi connectivity index (χ1n) is 10.9. The van der Waals surface area contributed by atoms with Gasteiger partial charge in [-0.3, -0.25) is 14.6 Å². The molecule has 1 unspecified atom stereocenters. The van der Waals surface area contributed by atoms with Gasteiger partial charge in [0, 0.05) is 44.1 Å². The number of nitrogens with zero attached hydrogens (tertiary/aromatic N) is 3. The molecule has 2 aromatic carbocycles. The summed E-state index contributed by atoms with van der Waals surface area (Å²) < 4.78 is 5.77. The maximum absolute atomic E-state index is 13.6. The zero-order chi connectivity index (χ0) is 23.8. The number of aliphatic hydroxyl groups is 1. The van der Waals surface area contributed by atoms with E-state index in [0.717, 1.165) is 16.6 Å². The average molecular weight is 453 g/mol. The molecule has 1 aliphatic rings. The first-order valence-corrected chi connectivity index (χ1v) is 10.9. The Morgan fingerprint density at radius 1 is 1.09 bits per heavy atom. The molecule has 1 aliphatic heterocycles. The van der Waals surface area contributed by atoms with Gasteiger partial charge in [-0.25, -0.2) is 0 Å². The fraction of sp³-hybridized carbons (Fsp3) is 0.148. The van der Waals surface area contributed by atoms with Crippen LogP contribution in [0.1, 0.15) is 27.7 Å². The number of hydrogen-bond acceptors (Lipinski definition) is 6. The molecular formula is C27H23N3O4. The van der Waals surface area contributed by atoms with Crippen LogP contribution < -0.4 is 4.90 Å². The Morgan fingerprint density at radius 2 is 1.85 bits per heavy atom. The van der Waals surface area contributed by atoms with Gasteiger partial charge in [0.2, 0.25) is 5.78 Å². The minimum absolute atomic E-state index is 0.00514. The topological polar surface area (TPSA) is 86.9 Å². The van der Waals surface area contributed by atoms with E-state index in [1.807, 2.05) is 67.5 Å². The molecule has 0 bridgehead atoms. The van der Waals surface area contributed by atoms with Crippen molar-refractivity contribution < 1.29 is 19.1 Å². The number of aromatic nitrogens is 1. The summed E-state index contributed by atoms with van der Waals surface area (Å²) in [6.45, 7) is 0.188. The third-order valence-electron chi connectivity index (χ3n) is 6.00. The van der Waals surface area contributed by atoms with E-state index >= 15 is 0 Å². The molecule has 2 aromatic heterocycles. The fourth-order valence-electron chi connectivity index (χ4n) is 4.26. The lowest BCUT2D eigenvalue weighted by Crippen LogP contribution is -2.30. The summed E-state index contributed by atoms with van der Waals surface area (Å²) in [5, 5.41) is 11.7. The number of furan rings is 1. The maximum Gasteiger partial charge on any atom is 0.290 e. The number of ketones is 1. The maximum atomic E-state index is 13.6. The zero-order valence-electron chi connectivity index (χ0n) is 18.8. The second kappa shape index (κ2) is 8.51. The fourth-order valence-corrected chi connectivity index (χ4v) is 4.26. The number of fused-ring (bicyclic) bond motifs is 1. The number of aliphatic hydroxyl groups excluding tert-OH is 1. The first-order chi connectivity index (χ1) is 16.4. The Labute approximate surface area is 196 Å². The van der Waals surface area contributed by atoms with Gasteiger partial charge in [0.25, 0.3) is 5.91 Å². The van der Waals surface area contributed by atoms with Crippen LogP contribution in [-0.2, 0) is 11.3 Å². The summed E-state index contributed by atoms with van der Waals surface area (Å²) in [7, 11) is 3.87. The predicted octanol–water partition coefficient (Wildman–Crippen LogP) is 4.67. The van der Waals surface area contributed by atoms with E-state index in [1.165, 1.54) is 4.90 Å². The predicted molar refractivity (Wildman–Crippen MR) is 128 cm³/mol. The van der Waals surface area contributed by atoms with Crippen molar-refractivity contribution in [1.82, 2.24) is 9.88 Å². The summed E-state index contributed by atoms with van der Waals surface area (Å²) >= 11 is 0. The molecular weight excluding hydrogens is 430 g/mol. The van der Waals surface area contributed by atoms with Crippen LogP contribution in [0, 0.1) is 0 Å². The van der Waals surface area contributed by atoms with Gasteiger partial charge < -0.3 is 19.3 Å². The number of amides is 1. The van der Waals surface area contributed by atoms with Crippen molar-refractivity contribution in [2.75, 3.05) is 19.0 Å². The molecule has 7 heteroatoms. The van der Waals surface area contributed by atoms with Crippen molar-refractivity contribution in [2.45, 2.75) is 12.6 Å². The van der Waals surface area contributed by atoms with Crippen molar-refractivity contribution in [3.05, 3.63) is 107 Å². The van der Waals surface area contributed by atoms with Crippen molar-refractivity contribution in [3.63, 3.8) is 0 Å². The molecule has 0 radical (unpaired) electrons. The van der Waals surface area contributed by atoms with Crippen LogP contribution >= 0.6 is 0 Å². The number of anilines is 1. The van der Waals surface area contributed by atoms with Gasteiger partial charge in [-0.05, 0) is 41.5 Å². The summed E-state index contributed by atoms with van der Waals surface area (Å²) in [5.41, 5.74) is 3.05. The molecule has 5 rings (SSSR count). The first kappa shape index (κ1) is 21.5. The molecule has 0 spiro atoms. The second-order valence-corrected chi connectivity index (χ2v) is 8.42. The number of para-hydroxylation sites is 1. The lowest BCUT2D eigenvalue weighted by atomic mass is 9.94. The summed E-state index contributed by atoms with van der Waals surface area (Å²) in [6, 6.07) is 19.4. The largest absolute Gasteiger partial charge is 0.503 e. The highest BCUT2D eigenvalue weighted by molar-refractivity contribution is 6.16. The van der Waals surface area contributed by atoms with E-state index in [4.69, 9.17) is 4.42 Å². The molecule has 1 atom stereocenters. The number of hydrogen-bond donors (Lipinski definition) is 1. The molecule has 0 saturated carbocycles. The van der Waals surface area contributed by atoms with E-state index in [-0.39, 0.29) is 17.9 Å². The van der Waals surface area contributed by atoms with Gasteiger partial charge in [0.15, 0.2) is 11.5 Å². The SMILES string of the molecule is CN(C)c1ccc(C2C(C(=O)c3cc4ccccc4o3)=C(O)C(=O)N2Cc2cccnc2)cc1. The van der Waals surface area contributed by atoms with Gasteiger partial charge >= 0.3 is 0 Å². The van der Waals surface area contributed by atoms with Gasteiger partial charge in [-0.1, -0.05) is 36.4 Å². The Morgan fingerprint density at radius 3 is 2.53 bits per heavy atom. The third kappa shape index (κ3) is 3.71. The van der Waals surface area contributed by atoms with Gasteiger partial charge in [0.05, 0.1) is 11.6 Å². The number of benzene rings is 2. The standard InChI is InChI=1S/C27H23N3O4/c1-29(2)20-11-9-18(10-12-20)24-23(25(31)22-14-19-7-3-4-8-21(19)34-22)26(32)27(33)30(24)16-17-6-5-13-28-15-17/h3-15,24,32H,16H2,1-2H3. The minimum Gasteiger partial charge on any atom is -0.503 e. The summed E-state index contributed by atoms with van der Waals surface area (Å²) in [4.78, 5) is 34.4. The molecule has 0 aliphatic carbocycles. The quantitative estimate of drug-likeness (QED) is 0.427. The normalized spacial score (nSPS) is 15.9. The molecule has 3 heterocycles. The molecule has 0 fully saturated rings. The van der Waals surface area contributed by atoms with Crippen LogP contribution in [-0.4, -0.2) is 40.8 Å². The van der Waals surface area contributed by atoms with Crippen LogP contribution in [0.5, 0.6) is 0 Å². The molecule has 7 nitrogen and oxygen atoms in total. The van der Waals surface area contributed by atoms with Gasteiger partial charge in [-0.2, -0.15) is 0 Å². The van der Waals surface area contributed by atoms with E-state index < -0.39 is 23.5 Å². The lowest BCUT2D eigenvalue weighted by Gasteiger charge is -2.27. The molecule has 4 aromatic rings. The van der Waals surface area contributed by atoms with Crippen LogP contribution in [0.4, 0.5) is 5.69 Å². The van der Waals surface area contributed by atoms with E-state index in [1.54, 1.807) is 30.6 Å². The van der Waals surface area contributed by atoms with Crippen LogP contribution in [0.2, 0.25) is 0 Å². The van der Waals surface area contributed by atoms with Crippen LogP contribution in [0.25, 0.3) is 11.0 Å². The summed E-state index contributed by atoms with van der Waals surface area (Å²) in [6.07, 6.45) is 3.31. The molecule has 170 valence electrons. The monoisotopic (exact) mass is 453 g/mol. The Balaban J connectivity index is 1.59. The van der Waals surface area contributed by atoms with E-state index in [0.29, 0.717) is 11.1 Å². The highest BCUT2D eigenvalue weighted by Crippen LogP contribution is 2.40. The number of pyridine rings is 1. The van der Waals surface area contributed by atoms with E-state index in [2.05, 4.69) is 4.98 Å². The van der Waals surface area contributed by atoms with Crippen LogP contribution in [0.15, 0.2) is 94.9 Å². The number of carbonyl (C=O) groups is 2.